The lowest BCUT2D eigenvalue weighted by Crippen LogP contribution is -2.47. The second kappa shape index (κ2) is 3.86. The van der Waals surface area contributed by atoms with Crippen molar-refractivity contribution in [2.75, 3.05) is 0 Å². The molecular weight excluding hydrogens is 253 g/mol. The summed E-state index contributed by atoms with van der Waals surface area (Å²) in [6.07, 6.45) is -3.85. The van der Waals surface area contributed by atoms with E-state index in [1.165, 1.54) is 18.3 Å². The van der Waals surface area contributed by atoms with Gasteiger partial charge in [0.2, 0.25) is 0 Å². The summed E-state index contributed by atoms with van der Waals surface area (Å²) in [4.78, 5) is 17.5. The van der Waals surface area contributed by atoms with Crippen LogP contribution in [0.25, 0.3) is 0 Å². The molecule has 0 saturated carbocycles. The Bertz CT molecular complexity index is 540. The Morgan fingerprint density at radius 1 is 1.33 bits per heavy atom. The Morgan fingerprint density at radius 3 is 2.50 bits per heavy atom. The van der Waals surface area contributed by atoms with Crippen molar-refractivity contribution in [3.05, 3.63) is 30.1 Å². The number of aliphatic carboxylic acids is 1. The number of amidine groups is 1. The van der Waals surface area contributed by atoms with Gasteiger partial charge < -0.3 is 5.11 Å². The number of azo groups is 1. The van der Waals surface area contributed by atoms with Crippen LogP contribution in [0.2, 0.25) is 0 Å². The quantitative estimate of drug-likeness (QED) is 0.874. The van der Waals surface area contributed by atoms with Crippen molar-refractivity contribution in [2.24, 2.45) is 15.2 Å². The van der Waals surface area contributed by atoms with Crippen LogP contribution in [0.15, 0.2) is 39.6 Å². The molecule has 0 aliphatic carbocycles. The smallest absolute Gasteiger partial charge is 0.447 e. The molecule has 1 aliphatic heterocycles. The van der Waals surface area contributed by atoms with Crippen molar-refractivity contribution in [3.63, 3.8) is 0 Å². The van der Waals surface area contributed by atoms with Crippen molar-refractivity contribution >= 4 is 11.8 Å². The first-order valence-electron chi connectivity index (χ1n) is 4.61. The molecule has 0 saturated heterocycles. The van der Waals surface area contributed by atoms with Gasteiger partial charge in [-0.25, -0.2) is 9.79 Å². The van der Waals surface area contributed by atoms with Gasteiger partial charge in [-0.1, -0.05) is 6.07 Å². The highest BCUT2D eigenvalue weighted by atomic mass is 19.4. The van der Waals surface area contributed by atoms with E-state index in [1.54, 1.807) is 6.07 Å². The van der Waals surface area contributed by atoms with Gasteiger partial charge >= 0.3 is 17.8 Å². The van der Waals surface area contributed by atoms with Crippen molar-refractivity contribution in [1.82, 2.24) is 4.98 Å². The van der Waals surface area contributed by atoms with Gasteiger partial charge in [-0.2, -0.15) is 13.2 Å². The number of halogens is 3. The summed E-state index contributed by atoms with van der Waals surface area (Å²) >= 11 is 0. The first-order valence-corrected chi connectivity index (χ1v) is 4.61. The molecule has 1 aromatic rings. The van der Waals surface area contributed by atoms with Gasteiger partial charge in [-0.3, -0.25) is 4.98 Å². The molecule has 0 bridgehead atoms. The SMILES string of the molecule is O=C(O)C1(C(F)(F)F)N=NC(c2ccccn2)=N1. The predicted molar refractivity (Wildman–Crippen MR) is 52.1 cm³/mol. The third kappa shape index (κ3) is 1.73. The van der Waals surface area contributed by atoms with Crippen LogP contribution in [-0.4, -0.2) is 33.7 Å². The molecule has 0 spiro atoms. The van der Waals surface area contributed by atoms with E-state index in [0.717, 1.165) is 0 Å². The average molecular weight is 258 g/mol. The van der Waals surface area contributed by atoms with Gasteiger partial charge in [0.15, 0.2) is 5.84 Å². The Morgan fingerprint density at radius 2 is 2.06 bits per heavy atom. The first kappa shape index (κ1) is 12.1. The van der Waals surface area contributed by atoms with Crippen molar-refractivity contribution in [1.29, 1.82) is 0 Å². The number of hydrogen-bond donors (Lipinski definition) is 1. The maximum atomic E-state index is 12.7. The lowest BCUT2D eigenvalue weighted by molar-refractivity contribution is -0.199. The van der Waals surface area contributed by atoms with Crippen LogP contribution in [0, 0.1) is 0 Å². The van der Waals surface area contributed by atoms with Crippen LogP contribution in [0.3, 0.4) is 0 Å². The molecule has 1 aromatic heterocycles. The lowest BCUT2D eigenvalue weighted by atomic mass is 10.2. The third-order valence-corrected chi connectivity index (χ3v) is 2.14. The van der Waals surface area contributed by atoms with E-state index in [1.807, 2.05) is 0 Å². The van der Waals surface area contributed by atoms with Crippen molar-refractivity contribution < 1.29 is 23.1 Å². The standard InChI is InChI=1S/C9H5F3N4O2/c10-9(11,12)8(7(17)18)14-6(15-16-8)5-3-1-2-4-13-5/h1-4H,(H,17,18). The zero-order chi connectivity index (χ0) is 13.4. The lowest BCUT2D eigenvalue weighted by Gasteiger charge is -2.18. The molecule has 0 fully saturated rings. The van der Waals surface area contributed by atoms with Crippen LogP contribution in [0.1, 0.15) is 5.69 Å². The van der Waals surface area contributed by atoms with Crippen molar-refractivity contribution in [2.45, 2.75) is 11.8 Å². The Kier molecular flexibility index (Phi) is 2.60. The molecule has 2 rings (SSSR count). The van der Waals surface area contributed by atoms with Gasteiger partial charge in [-0.05, 0) is 12.1 Å². The number of pyridine rings is 1. The largest absolute Gasteiger partial charge is 0.478 e. The average Bonchev–Trinajstić information content (AvgIpc) is 2.75. The van der Waals surface area contributed by atoms with Crippen molar-refractivity contribution in [3.8, 4) is 0 Å². The van der Waals surface area contributed by atoms with Gasteiger partial charge in [0.1, 0.15) is 5.69 Å². The number of carboxylic acids is 1. The van der Waals surface area contributed by atoms with E-state index >= 15 is 0 Å². The summed E-state index contributed by atoms with van der Waals surface area (Å²) in [6, 6.07) is 4.41. The molecule has 1 N–H and O–H groups in total. The number of nitrogens with zero attached hydrogens (tertiary/aromatic N) is 4. The summed E-state index contributed by atoms with van der Waals surface area (Å²) in [6.45, 7) is 0. The summed E-state index contributed by atoms with van der Waals surface area (Å²) < 4.78 is 38.1. The first-order chi connectivity index (χ1) is 8.37. The van der Waals surface area contributed by atoms with Crippen LogP contribution in [0.4, 0.5) is 13.2 Å². The van der Waals surface area contributed by atoms with Gasteiger partial charge in [0, 0.05) is 6.20 Å². The minimum Gasteiger partial charge on any atom is -0.478 e. The number of carbonyl (C=O) groups is 1. The highest BCUT2D eigenvalue weighted by Gasteiger charge is 2.65. The van der Waals surface area contributed by atoms with Gasteiger partial charge in [0.25, 0.3) is 0 Å². The molecule has 9 heteroatoms. The molecule has 0 amide bonds. The minimum absolute atomic E-state index is 0.0219. The van der Waals surface area contributed by atoms with E-state index in [-0.39, 0.29) is 5.69 Å². The van der Waals surface area contributed by atoms with Crippen LogP contribution < -0.4 is 0 Å². The number of alkyl halides is 3. The van der Waals surface area contributed by atoms with E-state index < -0.39 is 23.6 Å². The molecule has 0 radical (unpaired) electrons. The predicted octanol–water partition coefficient (Wildman–Crippen LogP) is 1.64. The molecule has 1 aliphatic rings. The third-order valence-electron chi connectivity index (χ3n) is 2.14. The molecular formula is C9H5F3N4O2. The highest BCUT2D eigenvalue weighted by Crippen LogP contribution is 2.38. The number of carboxylic acid groups (broad SMARTS) is 1. The molecule has 0 aromatic carbocycles. The Hall–Kier alpha value is -2.32. The zero-order valence-corrected chi connectivity index (χ0v) is 8.59. The molecule has 2 heterocycles. The number of rotatable bonds is 2. The van der Waals surface area contributed by atoms with E-state index in [2.05, 4.69) is 20.2 Å². The summed E-state index contributed by atoms with van der Waals surface area (Å²) in [7, 11) is 0. The van der Waals surface area contributed by atoms with E-state index in [9.17, 15) is 18.0 Å². The zero-order valence-electron chi connectivity index (χ0n) is 8.59. The highest BCUT2D eigenvalue weighted by molar-refractivity contribution is 6.01. The fourth-order valence-corrected chi connectivity index (χ4v) is 1.25. The monoisotopic (exact) mass is 258 g/mol. The van der Waals surface area contributed by atoms with Crippen LogP contribution in [-0.2, 0) is 4.79 Å². The number of hydrogen-bond acceptors (Lipinski definition) is 5. The molecule has 1 unspecified atom stereocenters. The number of aliphatic imine (C=N–C) groups is 1. The Balaban J connectivity index is 2.49. The molecule has 94 valence electrons. The van der Waals surface area contributed by atoms with Crippen LogP contribution in [0.5, 0.6) is 0 Å². The summed E-state index contributed by atoms with van der Waals surface area (Å²) in [5, 5.41) is 14.6. The molecule has 1 atom stereocenters. The second-order valence-corrected chi connectivity index (χ2v) is 3.33. The second-order valence-electron chi connectivity index (χ2n) is 3.33. The van der Waals surface area contributed by atoms with E-state index in [4.69, 9.17) is 5.11 Å². The van der Waals surface area contributed by atoms with E-state index in [0.29, 0.717) is 0 Å². The Labute approximate surface area is 97.9 Å². The maximum Gasteiger partial charge on any atom is 0.447 e. The summed E-state index contributed by atoms with van der Waals surface area (Å²) in [5.41, 5.74) is -3.55. The minimum atomic E-state index is -5.17. The fourth-order valence-electron chi connectivity index (χ4n) is 1.25. The normalized spacial score (nSPS) is 22.9. The molecule has 18 heavy (non-hydrogen) atoms. The van der Waals surface area contributed by atoms with Gasteiger partial charge in [-0.15, -0.1) is 10.2 Å². The van der Waals surface area contributed by atoms with Gasteiger partial charge in [0.05, 0.1) is 0 Å². The molecule has 6 nitrogen and oxygen atoms in total. The topological polar surface area (TPSA) is 87.3 Å². The fraction of sp³-hybridized carbons (Fsp3) is 0.222. The maximum absolute atomic E-state index is 12.7. The number of aromatic nitrogens is 1. The van der Waals surface area contributed by atoms with Crippen LogP contribution >= 0.6 is 0 Å². The summed E-state index contributed by atoms with van der Waals surface area (Å²) in [5.74, 6) is -2.69.